The monoisotopic (exact) mass is 366 g/mol. The number of nitrogens with one attached hydrogen (secondary N) is 1. The largest absolute Gasteiger partial charge is 0.482 e. The van der Waals surface area contributed by atoms with Gasteiger partial charge in [0.25, 0.3) is 5.91 Å². The average molecular weight is 366 g/mol. The molecule has 132 valence electrons. The number of hydrogen-bond donors (Lipinski definition) is 1. The molecule has 4 rings (SSSR count). The maximum Gasteiger partial charge on any atom is 0.271 e. The zero-order valence-corrected chi connectivity index (χ0v) is 15.0. The zero-order valence-electron chi connectivity index (χ0n) is 14.2. The highest BCUT2D eigenvalue weighted by atomic mass is 32.1. The summed E-state index contributed by atoms with van der Waals surface area (Å²) >= 11 is 1.47. The highest BCUT2D eigenvalue weighted by Crippen LogP contribution is 2.34. The lowest BCUT2D eigenvalue weighted by Crippen LogP contribution is -2.46. The number of thiazole rings is 1. The lowest BCUT2D eigenvalue weighted by molar-refractivity contribution is -0.128. The quantitative estimate of drug-likeness (QED) is 0.761. The number of ether oxygens (including phenoxy) is 2. The molecule has 1 aliphatic rings. The maximum absolute atomic E-state index is 12.6. The van der Waals surface area contributed by atoms with Gasteiger partial charge in [-0.15, -0.1) is 11.3 Å². The first-order valence-corrected chi connectivity index (χ1v) is 9.22. The molecule has 0 fully saturated rings. The van der Waals surface area contributed by atoms with Crippen molar-refractivity contribution in [2.24, 2.45) is 0 Å². The number of nitrogens with zero attached hydrogens (tertiary/aromatic N) is 1. The van der Waals surface area contributed by atoms with Gasteiger partial charge < -0.3 is 9.47 Å². The van der Waals surface area contributed by atoms with Crippen molar-refractivity contribution in [2.45, 2.75) is 25.6 Å². The van der Waals surface area contributed by atoms with E-state index < -0.39 is 6.10 Å². The van der Waals surface area contributed by atoms with Gasteiger partial charge in [-0.2, -0.15) is 0 Å². The molecule has 5 nitrogen and oxygen atoms in total. The van der Waals surface area contributed by atoms with Crippen LogP contribution in [0.1, 0.15) is 17.4 Å². The normalized spacial score (nSPS) is 18.3. The van der Waals surface area contributed by atoms with Crippen LogP contribution in [0.2, 0.25) is 0 Å². The fraction of sp³-hybridized carbons (Fsp3) is 0.200. The minimum Gasteiger partial charge on any atom is -0.482 e. The maximum atomic E-state index is 12.6. The predicted octanol–water partition coefficient (Wildman–Crippen LogP) is 3.90. The Morgan fingerprint density at radius 3 is 2.54 bits per heavy atom. The van der Waals surface area contributed by atoms with Crippen LogP contribution >= 0.6 is 11.3 Å². The van der Waals surface area contributed by atoms with Crippen molar-refractivity contribution >= 4 is 22.4 Å². The molecule has 1 aliphatic heterocycles. The Morgan fingerprint density at radius 2 is 1.77 bits per heavy atom. The van der Waals surface area contributed by atoms with Crippen LogP contribution in [0.5, 0.6) is 11.5 Å². The van der Waals surface area contributed by atoms with Gasteiger partial charge in [-0.1, -0.05) is 42.5 Å². The molecule has 0 aliphatic carbocycles. The van der Waals surface area contributed by atoms with Crippen LogP contribution in [0.4, 0.5) is 5.13 Å². The van der Waals surface area contributed by atoms with E-state index in [1.807, 2.05) is 43.3 Å². The third-order valence-corrected chi connectivity index (χ3v) is 5.02. The van der Waals surface area contributed by atoms with Gasteiger partial charge in [0.1, 0.15) is 6.10 Å². The van der Waals surface area contributed by atoms with Crippen molar-refractivity contribution < 1.29 is 14.3 Å². The van der Waals surface area contributed by atoms with Gasteiger partial charge in [0.15, 0.2) is 16.6 Å². The number of carbonyl (C=O) groups is 1. The number of anilines is 1. The highest BCUT2D eigenvalue weighted by Gasteiger charge is 2.34. The van der Waals surface area contributed by atoms with E-state index in [-0.39, 0.29) is 12.0 Å². The third-order valence-electron chi connectivity index (χ3n) is 4.11. The van der Waals surface area contributed by atoms with Crippen LogP contribution in [0.25, 0.3) is 0 Å². The lowest BCUT2D eigenvalue weighted by atomic mass is 10.1. The molecule has 0 saturated carbocycles. The Bertz CT molecular complexity index is 910. The van der Waals surface area contributed by atoms with E-state index in [0.29, 0.717) is 16.6 Å². The number of rotatable bonds is 4. The van der Waals surface area contributed by atoms with Crippen LogP contribution < -0.4 is 14.8 Å². The number of benzene rings is 2. The highest BCUT2D eigenvalue weighted by molar-refractivity contribution is 7.15. The Morgan fingerprint density at radius 1 is 1.08 bits per heavy atom. The standard InChI is InChI=1S/C20H18N2O3S/c1-13-18(25-17-10-6-5-9-16(17)24-13)19(23)22-20-21-12-15(26-20)11-14-7-3-2-4-8-14/h2-10,12-13,18H,11H2,1H3,(H,21,22,23)/t13-,18-/m0/s1. The Balaban J connectivity index is 1.42. The van der Waals surface area contributed by atoms with Crippen molar-refractivity contribution in [3.63, 3.8) is 0 Å². The van der Waals surface area contributed by atoms with Crippen molar-refractivity contribution in [1.29, 1.82) is 0 Å². The fourth-order valence-corrected chi connectivity index (χ4v) is 3.68. The van der Waals surface area contributed by atoms with Crippen LogP contribution in [0.15, 0.2) is 60.8 Å². The molecule has 1 amide bonds. The Labute approximate surface area is 155 Å². The molecule has 1 N–H and O–H groups in total. The second-order valence-electron chi connectivity index (χ2n) is 6.09. The molecular formula is C20H18N2O3S. The van der Waals surface area contributed by atoms with Crippen LogP contribution in [-0.2, 0) is 11.2 Å². The first-order valence-electron chi connectivity index (χ1n) is 8.41. The minimum atomic E-state index is -0.716. The molecule has 26 heavy (non-hydrogen) atoms. The van der Waals surface area contributed by atoms with Gasteiger partial charge >= 0.3 is 0 Å². The smallest absolute Gasteiger partial charge is 0.271 e. The van der Waals surface area contributed by atoms with Gasteiger partial charge in [0.05, 0.1) is 0 Å². The van der Waals surface area contributed by atoms with E-state index in [1.165, 1.54) is 16.9 Å². The van der Waals surface area contributed by atoms with E-state index in [1.54, 1.807) is 12.3 Å². The fourth-order valence-electron chi connectivity index (χ4n) is 2.83. The average Bonchev–Trinajstić information content (AvgIpc) is 3.08. The molecular weight excluding hydrogens is 348 g/mol. The number of amides is 1. The topological polar surface area (TPSA) is 60.5 Å². The van der Waals surface area contributed by atoms with E-state index in [4.69, 9.17) is 9.47 Å². The van der Waals surface area contributed by atoms with Crippen LogP contribution in [-0.4, -0.2) is 23.1 Å². The Kier molecular flexibility index (Phi) is 4.58. The number of para-hydroxylation sites is 2. The van der Waals surface area contributed by atoms with Crippen molar-refractivity contribution in [2.75, 3.05) is 5.32 Å². The molecule has 2 heterocycles. The number of hydrogen-bond acceptors (Lipinski definition) is 5. The van der Waals surface area contributed by atoms with Gasteiger partial charge in [-0.3, -0.25) is 10.1 Å². The molecule has 1 aromatic heterocycles. The van der Waals surface area contributed by atoms with Gasteiger partial charge in [-0.25, -0.2) is 4.98 Å². The molecule has 0 unspecified atom stereocenters. The van der Waals surface area contributed by atoms with Crippen LogP contribution in [0, 0.1) is 0 Å². The SMILES string of the molecule is C[C@@H]1Oc2ccccc2O[C@@H]1C(=O)Nc1ncc(Cc2ccccc2)s1. The molecule has 0 saturated heterocycles. The summed E-state index contributed by atoms with van der Waals surface area (Å²) in [6.45, 7) is 1.82. The predicted molar refractivity (Wildman–Crippen MR) is 101 cm³/mol. The summed E-state index contributed by atoms with van der Waals surface area (Å²) in [6.07, 6.45) is 1.49. The molecule has 0 radical (unpaired) electrons. The summed E-state index contributed by atoms with van der Waals surface area (Å²) in [5, 5.41) is 3.41. The summed E-state index contributed by atoms with van der Waals surface area (Å²) in [5.41, 5.74) is 1.21. The van der Waals surface area contributed by atoms with Gasteiger partial charge in [-0.05, 0) is 24.6 Å². The number of fused-ring (bicyclic) bond motifs is 1. The van der Waals surface area contributed by atoms with Crippen molar-refractivity contribution in [3.05, 3.63) is 71.2 Å². The molecule has 2 aromatic carbocycles. The molecule has 3 aromatic rings. The van der Waals surface area contributed by atoms with E-state index >= 15 is 0 Å². The summed E-state index contributed by atoms with van der Waals surface area (Å²) < 4.78 is 11.6. The first-order chi connectivity index (χ1) is 12.7. The summed E-state index contributed by atoms with van der Waals surface area (Å²) in [7, 11) is 0. The third kappa shape index (κ3) is 3.55. The van der Waals surface area contributed by atoms with Crippen molar-refractivity contribution in [3.8, 4) is 11.5 Å². The second kappa shape index (κ2) is 7.17. The molecule has 2 atom stereocenters. The molecule has 0 bridgehead atoms. The molecule has 6 heteroatoms. The number of carbonyl (C=O) groups excluding carboxylic acids is 1. The zero-order chi connectivity index (χ0) is 17.9. The summed E-state index contributed by atoms with van der Waals surface area (Å²) in [6, 6.07) is 17.5. The van der Waals surface area contributed by atoms with E-state index in [9.17, 15) is 4.79 Å². The van der Waals surface area contributed by atoms with Crippen molar-refractivity contribution in [1.82, 2.24) is 4.98 Å². The van der Waals surface area contributed by atoms with Crippen LogP contribution in [0.3, 0.4) is 0 Å². The number of aromatic nitrogens is 1. The summed E-state index contributed by atoms with van der Waals surface area (Å²) in [4.78, 5) is 18.0. The molecule has 0 spiro atoms. The first kappa shape index (κ1) is 16.6. The van der Waals surface area contributed by atoms with E-state index in [0.717, 1.165) is 11.3 Å². The van der Waals surface area contributed by atoms with E-state index in [2.05, 4.69) is 22.4 Å². The Hall–Kier alpha value is -2.86. The summed E-state index contributed by atoms with van der Waals surface area (Å²) in [5.74, 6) is 0.978. The second-order valence-corrected chi connectivity index (χ2v) is 7.21. The minimum absolute atomic E-state index is 0.257. The van der Waals surface area contributed by atoms with Gasteiger partial charge in [0.2, 0.25) is 6.10 Å². The van der Waals surface area contributed by atoms with Gasteiger partial charge in [0, 0.05) is 17.5 Å². The lowest BCUT2D eigenvalue weighted by Gasteiger charge is -2.30.